The maximum atomic E-state index is 12.1. The van der Waals surface area contributed by atoms with Gasteiger partial charge in [-0.1, -0.05) is 13.8 Å². The Hall–Kier alpha value is -0.570. The Bertz CT molecular complexity index is 251. The van der Waals surface area contributed by atoms with Crippen LogP contribution in [0.1, 0.15) is 46.0 Å². The zero-order chi connectivity index (χ0) is 12.3. The van der Waals surface area contributed by atoms with Crippen LogP contribution in [-0.2, 0) is 4.79 Å². The molecule has 0 aromatic carbocycles. The van der Waals surface area contributed by atoms with Crippen LogP contribution in [0.3, 0.4) is 0 Å². The van der Waals surface area contributed by atoms with Crippen LogP contribution in [0.5, 0.6) is 0 Å². The van der Waals surface area contributed by atoms with Crippen LogP contribution >= 0.6 is 0 Å². The third-order valence-electron chi connectivity index (χ3n) is 4.42. The fourth-order valence-electron chi connectivity index (χ4n) is 3.09. The van der Waals surface area contributed by atoms with Crippen molar-refractivity contribution in [2.75, 3.05) is 19.6 Å². The summed E-state index contributed by atoms with van der Waals surface area (Å²) in [6.07, 6.45) is 5.51. The molecule has 0 aromatic heterocycles. The molecular weight excluding hydrogens is 212 g/mol. The first-order valence-electron chi connectivity index (χ1n) is 7.18. The van der Waals surface area contributed by atoms with Gasteiger partial charge < -0.3 is 10.2 Å². The van der Waals surface area contributed by atoms with Crippen molar-refractivity contribution in [3.63, 3.8) is 0 Å². The first-order chi connectivity index (χ1) is 8.16. The molecule has 3 heteroatoms. The monoisotopic (exact) mass is 238 g/mol. The molecule has 1 unspecified atom stereocenters. The maximum Gasteiger partial charge on any atom is 0.224 e. The van der Waals surface area contributed by atoms with Crippen LogP contribution in [0.25, 0.3) is 0 Å². The van der Waals surface area contributed by atoms with E-state index in [2.05, 4.69) is 24.1 Å². The van der Waals surface area contributed by atoms with Crippen LogP contribution < -0.4 is 5.32 Å². The van der Waals surface area contributed by atoms with E-state index in [1.165, 1.54) is 25.7 Å². The third kappa shape index (κ3) is 3.44. The van der Waals surface area contributed by atoms with Crippen molar-refractivity contribution in [1.82, 2.24) is 10.2 Å². The predicted octanol–water partition coefficient (Wildman–Crippen LogP) is 2.02. The Kier molecular flexibility index (Phi) is 4.43. The lowest BCUT2D eigenvalue weighted by Gasteiger charge is -2.34. The van der Waals surface area contributed by atoms with Gasteiger partial charge in [0, 0.05) is 25.6 Å². The Balaban J connectivity index is 1.74. The Labute approximate surface area is 105 Å². The molecule has 2 saturated heterocycles. The van der Waals surface area contributed by atoms with Crippen LogP contribution in [0.4, 0.5) is 0 Å². The smallest absolute Gasteiger partial charge is 0.224 e. The number of carbonyl (C=O) groups excluding carboxylic acids is 1. The van der Waals surface area contributed by atoms with E-state index in [-0.39, 0.29) is 0 Å². The lowest BCUT2D eigenvalue weighted by molar-refractivity contribution is -0.133. The highest BCUT2D eigenvalue weighted by atomic mass is 16.2. The minimum absolute atomic E-state index is 0.367. The van der Waals surface area contributed by atoms with Gasteiger partial charge in [0.15, 0.2) is 0 Å². The van der Waals surface area contributed by atoms with Gasteiger partial charge >= 0.3 is 0 Å². The number of nitrogens with zero attached hydrogens (tertiary/aromatic N) is 1. The molecule has 0 aliphatic carbocycles. The topological polar surface area (TPSA) is 32.3 Å². The highest BCUT2D eigenvalue weighted by Crippen LogP contribution is 2.25. The highest BCUT2D eigenvalue weighted by molar-refractivity contribution is 5.77. The molecule has 2 heterocycles. The summed E-state index contributed by atoms with van der Waals surface area (Å²) >= 11 is 0. The molecule has 17 heavy (non-hydrogen) atoms. The lowest BCUT2D eigenvalue weighted by atomic mass is 9.86. The number of hydrogen-bond acceptors (Lipinski definition) is 2. The number of piperidine rings is 1. The molecule has 0 spiro atoms. The third-order valence-corrected chi connectivity index (χ3v) is 4.42. The van der Waals surface area contributed by atoms with Gasteiger partial charge in [-0.3, -0.25) is 4.79 Å². The van der Waals surface area contributed by atoms with Crippen molar-refractivity contribution in [3.05, 3.63) is 0 Å². The number of likely N-dealkylation sites (tertiary alicyclic amines) is 1. The first kappa shape index (κ1) is 12.9. The fourth-order valence-corrected chi connectivity index (χ4v) is 3.09. The zero-order valence-corrected chi connectivity index (χ0v) is 11.2. The van der Waals surface area contributed by atoms with Gasteiger partial charge in [0.25, 0.3) is 0 Å². The van der Waals surface area contributed by atoms with E-state index in [9.17, 15) is 4.79 Å². The van der Waals surface area contributed by atoms with Gasteiger partial charge in [-0.05, 0) is 44.1 Å². The van der Waals surface area contributed by atoms with Gasteiger partial charge in [-0.15, -0.1) is 0 Å². The maximum absolute atomic E-state index is 12.1. The average molecular weight is 238 g/mol. The van der Waals surface area contributed by atoms with Gasteiger partial charge in [0.1, 0.15) is 0 Å². The number of nitrogens with one attached hydrogen (secondary N) is 1. The molecule has 3 nitrogen and oxygen atoms in total. The zero-order valence-electron chi connectivity index (χ0n) is 11.2. The molecule has 2 aliphatic heterocycles. The molecule has 0 saturated carbocycles. The molecule has 0 radical (unpaired) electrons. The summed E-state index contributed by atoms with van der Waals surface area (Å²) in [4.78, 5) is 14.2. The average Bonchev–Trinajstić information content (AvgIpc) is 2.82. The minimum atomic E-state index is 0.367. The van der Waals surface area contributed by atoms with Gasteiger partial charge in [-0.25, -0.2) is 0 Å². The Morgan fingerprint density at radius 1 is 1.29 bits per heavy atom. The summed E-state index contributed by atoms with van der Waals surface area (Å²) in [6.45, 7) is 7.64. The number of hydrogen-bond donors (Lipinski definition) is 1. The van der Waals surface area contributed by atoms with Gasteiger partial charge in [0.2, 0.25) is 5.91 Å². The van der Waals surface area contributed by atoms with Crippen LogP contribution in [0, 0.1) is 11.8 Å². The molecule has 0 bridgehead atoms. The predicted molar refractivity (Wildman–Crippen MR) is 69.8 cm³/mol. The molecule has 98 valence electrons. The van der Waals surface area contributed by atoms with E-state index in [1.807, 2.05) is 0 Å². The van der Waals surface area contributed by atoms with E-state index in [0.29, 0.717) is 18.4 Å². The second-order valence-corrected chi connectivity index (χ2v) is 5.96. The molecule has 2 rings (SSSR count). The SMILES string of the molecule is CC(C)C1CCN(C(=O)CC2CCCN2)CC1. The first-order valence-corrected chi connectivity index (χ1v) is 7.18. The van der Waals surface area contributed by atoms with E-state index in [1.54, 1.807) is 0 Å². The Morgan fingerprint density at radius 2 is 2.00 bits per heavy atom. The number of amides is 1. The largest absolute Gasteiger partial charge is 0.343 e. The van der Waals surface area contributed by atoms with Crippen molar-refractivity contribution < 1.29 is 4.79 Å². The standard InChI is InChI=1S/C14H26N2O/c1-11(2)12-5-8-16(9-6-12)14(17)10-13-4-3-7-15-13/h11-13,15H,3-10H2,1-2H3. The summed E-state index contributed by atoms with van der Waals surface area (Å²) in [6, 6.07) is 0.449. The van der Waals surface area contributed by atoms with E-state index in [0.717, 1.165) is 31.5 Å². The fraction of sp³-hybridized carbons (Fsp3) is 0.929. The second-order valence-electron chi connectivity index (χ2n) is 5.96. The van der Waals surface area contributed by atoms with Gasteiger partial charge in [-0.2, -0.15) is 0 Å². The van der Waals surface area contributed by atoms with Crippen molar-refractivity contribution >= 4 is 5.91 Å². The molecule has 2 aliphatic rings. The molecule has 0 aromatic rings. The quantitative estimate of drug-likeness (QED) is 0.816. The number of carbonyl (C=O) groups is 1. The summed E-state index contributed by atoms with van der Waals surface area (Å²) in [5, 5.41) is 3.41. The van der Waals surface area contributed by atoms with Crippen LogP contribution in [0.2, 0.25) is 0 Å². The minimum Gasteiger partial charge on any atom is -0.343 e. The normalized spacial score (nSPS) is 26.8. The van der Waals surface area contributed by atoms with Crippen molar-refractivity contribution in [1.29, 1.82) is 0 Å². The molecule has 1 N–H and O–H groups in total. The Morgan fingerprint density at radius 3 is 2.53 bits per heavy atom. The van der Waals surface area contributed by atoms with Crippen LogP contribution in [-0.4, -0.2) is 36.5 Å². The summed E-state index contributed by atoms with van der Waals surface area (Å²) in [5.41, 5.74) is 0. The van der Waals surface area contributed by atoms with Crippen LogP contribution in [0.15, 0.2) is 0 Å². The molecule has 1 amide bonds. The van der Waals surface area contributed by atoms with Crippen molar-refractivity contribution in [2.45, 2.75) is 52.0 Å². The second kappa shape index (κ2) is 5.85. The van der Waals surface area contributed by atoms with Crippen molar-refractivity contribution in [3.8, 4) is 0 Å². The molecule has 1 atom stereocenters. The summed E-state index contributed by atoms with van der Waals surface area (Å²) in [7, 11) is 0. The summed E-state index contributed by atoms with van der Waals surface area (Å²) in [5.74, 6) is 1.96. The van der Waals surface area contributed by atoms with E-state index < -0.39 is 0 Å². The lowest BCUT2D eigenvalue weighted by Crippen LogP contribution is -2.41. The van der Waals surface area contributed by atoms with E-state index in [4.69, 9.17) is 0 Å². The number of rotatable bonds is 3. The van der Waals surface area contributed by atoms with Crippen molar-refractivity contribution in [2.24, 2.45) is 11.8 Å². The molecular formula is C14H26N2O. The van der Waals surface area contributed by atoms with E-state index >= 15 is 0 Å². The highest BCUT2D eigenvalue weighted by Gasteiger charge is 2.26. The summed E-state index contributed by atoms with van der Waals surface area (Å²) < 4.78 is 0. The van der Waals surface area contributed by atoms with Gasteiger partial charge in [0.05, 0.1) is 0 Å². The molecule has 2 fully saturated rings.